The summed E-state index contributed by atoms with van der Waals surface area (Å²) in [6, 6.07) is 14.6. The molecule has 1 atom stereocenters. The van der Waals surface area contributed by atoms with Gasteiger partial charge in [0, 0.05) is 36.6 Å². The van der Waals surface area contributed by atoms with Crippen LogP contribution in [0.3, 0.4) is 0 Å². The van der Waals surface area contributed by atoms with Crippen LogP contribution in [0.5, 0.6) is 5.75 Å². The molecule has 1 aliphatic rings. The molecule has 2 aromatic heterocycles. The van der Waals surface area contributed by atoms with Gasteiger partial charge in [-0.15, -0.1) is 0 Å². The van der Waals surface area contributed by atoms with Crippen molar-refractivity contribution in [3.63, 3.8) is 0 Å². The van der Waals surface area contributed by atoms with Gasteiger partial charge < -0.3 is 23.5 Å². The molecule has 7 nitrogen and oxygen atoms in total. The predicted octanol–water partition coefficient (Wildman–Crippen LogP) is 3.57. The van der Waals surface area contributed by atoms with Crippen molar-refractivity contribution < 1.29 is 18.7 Å². The highest BCUT2D eigenvalue weighted by Crippen LogP contribution is 2.37. The van der Waals surface area contributed by atoms with E-state index >= 15 is 0 Å². The van der Waals surface area contributed by atoms with Crippen molar-refractivity contribution in [1.82, 2.24) is 14.4 Å². The zero-order chi connectivity index (χ0) is 22.0. The second kappa shape index (κ2) is 8.71. The lowest BCUT2D eigenvalue weighted by molar-refractivity contribution is -0.135. The van der Waals surface area contributed by atoms with Gasteiger partial charge in [-0.3, -0.25) is 9.59 Å². The van der Waals surface area contributed by atoms with E-state index in [1.807, 2.05) is 61.3 Å². The number of hydrogen-bond donors (Lipinski definition) is 0. The molecule has 0 saturated heterocycles. The Kier molecular flexibility index (Phi) is 5.84. The molecule has 0 spiro atoms. The number of aromatic nitrogens is 1. The molecule has 162 valence electrons. The molecule has 0 aliphatic carbocycles. The molecule has 0 fully saturated rings. The topological polar surface area (TPSA) is 67.9 Å². The Morgan fingerprint density at radius 1 is 1.13 bits per heavy atom. The van der Waals surface area contributed by atoms with E-state index in [9.17, 15) is 9.59 Å². The summed E-state index contributed by atoms with van der Waals surface area (Å²) in [5, 5.41) is 0. The minimum absolute atomic E-state index is 0.0242. The summed E-state index contributed by atoms with van der Waals surface area (Å²) in [6.07, 6.45) is 3.49. The number of amides is 2. The molecule has 1 aromatic carbocycles. The highest BCUT2D eigenvalue weighted by molar-refractivity contribution is 5.94. The van der Waals surface area contributed by atoms with Gasteiger partial charge in [0.25, 0.3) is 5.91 Å². The summed E-state index contributed by atoms with van der Waals surface area (Å²) < 4.78 is 13.0. The molecule has 1 aliphatic heterocycles. The van der Waals surface area contributed by atoms with Crippen molar-refractivity contribution in [3.05, 3.63) is 78.0 Å². The first-order chi connectivity index (χ1) is 15.0. The smallest absolute Gasteiger partial charge is 0.290 e. The van der Waals surface area contributed by atoms with Crippen LogP contribution in [0.2, 0.25) is 0 Å². The number of nitrogens with zero attached hydrogens (tertiary/aromatic N) is 3. The van der Waals surface area contributed by atoms with Crippen molar-refractivity contribution in [2.24, 2.45) is 0 Å². The standard InChI is InChI=1S/C24H27N3O4/c1-17(2)27(24(29)21-11-7-15-31-21)16-22(28)26-14-13-25-12-6-9-19(25)23(26)18-8-4-5-10-20(18)30-3/h4-12,15,17,23H,13-14,16H2,1-3H3. The van der Waals surface area contributed by atoms with Gasteiger partial charge in [0.05, 0.1) is 13.4 Å². The first-order valence-electron chi connectivity index (χ1n) is 10.4. The number of furan rings is 1. The Morgan fingerprint density at radius 2 is 1.94 bits per heavy atom. The van der Waals surface area contributed by atoms with Gasteiger partial charge in [0.1, 0.15) is 18.3 Å². The van der Waals surface area contributed by atoms with E-state index in [1.165, 1.54) is 6.26 Å². The van der Waals surface area contributed by atoms with E-state index in [2.05, 4.69) is 4.57 Å². The van der Waals surface area contributed by atoms with Gasteiger partial charge in [0.15, 0.2) is 5.76 Å². The van der Waals surface area contributed by atoms with Crippen molar-refractivity contribution >= 4 is 11.8 Å². The van der Waals surface area contributed by atoms with Gasteiger partial charge in [-0.2, -0.15) is 0 Å². The maximum atomic E-state index is 13.6. The second-order valence-electron chi connectivity index (χ2n) is 7.86. The number of hydrogen-bond acceptors (Lipinski definition) is 4. The summed E-state index contributed by atoms with van der Waals surface area (Å²) in [6.45, 7) is 5.02. The Balaban J connectivity index is 1.66. The molecule has 0 radical (unpaired) electrons. The highest BCUT2D eigenvalue weighted by Gasteiger charge is 2.35. The molecule has 1 unspecified atom stereocenters. The highest BCUT2D eigenvalue weighted by atomic mass is 16.5. The Morgan fingerprint density at radius 3 is 2.65 bits per heavy atom. The number of rotatable bonds is 6. The van der Waals surface area contributed by atoms with Gasteiger partial charge in [-0.25, -0.2) is 0 Å². The molecule has 7 heteroatoms. The molecular weight excluding hydrogens is 394 g/mol. The fourth-order valence-electron chi connectivity index (χ4n) is 4.14. The average molecular weight is 421 g/mol. The Bertz CT molecular complexity index is 1050. The number of carbonyl (C=O) groups is 2. The Labute approximate surface area is 181 Å². The van der Waals surface area contributed by atoms with Crippen molar-refractivity contribution in [3.8, 4) is 5.75 Å². The van der Waals surface area contributed by atoms with Crippen LogP contribution in [0.1, 0.15) is 41.7 Å². The zero-order valence-electron chi connectivity index (χ0n) is 18.0. The molecule has 4 rings (SSSR count). The van der Waals surface area contributed by atoms with E-state index in [1.54, 1.807) is 24.1 Å². The fourth-order valence-corrected chi connectivity index (χ4v) is 4.14. The van der Waals surface area contributed by atoms with E-state index in [0.717, 1.165) is 17.0 Å². The van der Waals surface area contributed by atoms with E-state index < -0.39 is 0 Å². The van der Waals surface area contributed by atoms with E-state index in [-0.39, 0.29) is 36.2 Å². The minimum Gasteiger partial charge on any atom is -0.496 e. The fraction of sp³-hybridized carbons (Fsp3) is 0.333. The lowest BCUT2D eigenvalue weighted by Gasteiger charge is -2.39. The molecule has 3 heterocycles. The van der Waals surface area contributed by atoms with Crippen LogP contribution >= 0.6 is 0 Å². The lowest BCUT2D eigenvalue weighted by Crippen LogP contribution is -2.49. The van der Waals surface area contributed by atoms with Crippen LogP contribution in [0.4, 0.5) is 0 Å². The number of methoxy groups -OCH3 is 1. The molecule has 31 heavy (non-hydrogen) atoms. The maximum Gasteiger partial charge on any atom is 0.290 e. The van der Waals surface area contributed by atoms with Crippen LogP contribution in [-0.2, 0) is 11.3 Å². The average Bonchev–Trinajstić information content (AvgIpc) is 3.48. The second-order valence-corrected chi connectivity index (χ2v) is 7.86. The molecule has 0 N–H and O–H groups in total. The summed E-state index contributed by atoms with van der Waals surface area (Å²) in [7, 11) is 1.63. The molecule has 0 saturated carbocycles. The maximum absolute atomic E-state index is 13.6. The minimum atomic E-state index is -0.292. The zero-order valence-corrected chi connectivity index (χ0v) is 18.0. The summed E-state index contributed by atoms with van der Waals surface area (Å²) in [5.41, 5.74) is 1.95. The summed E-state index contributed by atoms with van der Waals surface area (Å²) >= 11 is 0. The summed E-state index contributed by atoms with van der Waals surface area (Å²) in [4.78, 5) is 29.9. The van der Waals surface area contributed by atoms with E-state index in [0.29, 0.717) is 13.1 Å². The lowest BCUT2D eigenvalue weighted by atomic mass is 9.98. The molecular formula is C24H27N3O4. The van der Waals surface area contributed by atoms with Crippen molar-refractivity contribution in [2.45, 2.75) is 32.5 Å². The number of carbonyl (C=O) groups excluding carboxylic acids is 2. The third kappa shape index (κ3) is 3.95. The number of fused-ring (bicyclic) bond motifs is 1. The SMILES string of the molecule is COc1ccccc1C1c2cccn2CCN1C(=O)CN(C(=O)c1ccco1)C(C)C. The van der Waals surface area contributed by atoms with Gasteiger partial charge in [-0.1, -0.05) is 18.2 Å². The number of para-hydroxylation sites is 1. The van der Waals surface area contributed by atoms with Crippen LogP contribution in [-0.4, -0.2) is 52.4 Å². The summed E-state index contributed by atoms with van der Waals surface area (Å²) in [5.74, 6) is 0.558. The van der Waals surface area contributed by atoms with Crippen molar-refractivity contribution in [2.75, 3.05) is 20.2 Å². The van der Waals surface area contributed by atoms with Crippen molar-refractivity contribution in [1.29, 1.82) is 0 Å². The van der Waals surface area contributed by atoms with Crippen LogP contribution in [0, 0.1) is 0 Å². The first-order valence-corrected chi connectivity index (χ1v) is 10.4. The number of ether oxygens (including phenoxy) is 1. The number of benzene rings is 1. The molecule has 3 aromatic rings. The van der Waals surface area contributed by atoms with E-state index in [4.69, 9.17) is 9.15 Å². The third-order valence-electron chi connectivity index (χ3n) is 5.71. The van der Waals surface area contributed by atoms with Crippen LogP contribution in [0.15, 0.2) is 65.4 Å². The van der Waals surface area contributed by atoms with Gasteiger partial charge >= 0.3 is 0 Å². The van der Waals surface area contributed by atoms with Gasteiger partial charge in [-0.05, 0) is 44.2 Å². The predicted molar refractivity (Wildman–Crippen MR) is 116 cm³/mol. The Hall–Kier alpha value is -3.48. The monoisotopic (exact) mass is 421 g/mol. The largest absolute Gasteiger partial charge is 0.496 e. The molecule has 2 amide bonds. The normalized spacial score (nSPS) is 15.6. The van der Waals surface area contributed by atoms with Gasteiger partial charge in [0.2, 0.25) is 5.91 Å². The quantitative estimate of drug-likeness (QED) is 0.610. The first kappa shape index (κ1) is 20.8. The van der Waals surface area contributed by atoms with Crippen LogP contribution < -0.4 is 4.74 Å². The third-order valence-corrected chi connectivity index (χ3v) is 5.71. The van der Waals surface area contributed by atoms with Crippen LogP contribution in [0.25, 0.3) is 0 Å². The molecule has 0 bridgehead atoms.